The highest BCUT2D eigenvalue weighted by molar-refractivity contribution is 6.01. The molecule has 0 heterocycles. The SMILES string of the molecule is CCCCCCOc1ccc(C(=O)N/N=C(/C)c2ccc([N+](=O)[O-])cc2)cc1. The van der Waals surface area contributed by atoms with Gasteiger partial charge in [0.05, 0.1) is 17.2 Å². The van der Waals surface area contributed by atoms with E-state index in [1.54, 1.807) is 43.3 Å². The molecule has 1 N–H and O–H groups in total. The first kappa shape index (κ1) is 21.1. The first-order chi connectivity index (χ1) is 13.5. The van der Waals surface area contributed by atoms with Gasteiger partial charge in [-0.25, -0.2) is 5.43 Å². The fourth-order valence-corrected chi connectivity index (χ4v) is 2.51. The van der Waals surface area contributed by atoms with Gasteiger partial charge in [0.2, 0.25) is 0 Å². The second kappa shape index (κ2) is 10.8. The number of benzene rings is 2. The Morgan fingerprint density at radius 2 is 1.68 bits per heavy atom. The smallest absolute Gasteiger partial charge is 0.271 e. The Kier molecular flexibility index (Phi) is 8.14. The largest absolute Gasteiger partial charge is 0.494 e. The van der Waals surface area contributed by atoms with Gasteiger partial charge >= 0.3 is 0 Å². The molecular weight excluding hydrogens is 358 g/mol. The summed E-state index contributed by atoms with van der Waals surface area (Å²) in [5, 5.41) is 14.7. The molecule has 0 atom stereocenters. The van der Waals surface area contributed by atoms with Gasteiger partial charge in [-0.05, 0) is 55.3 Å². The zero-order valence-corrected chi connectivity index (χ0v) is 16.2. The van der Waals surface area contributed by atoms with Crippen LogP contribution in [0.25, 0.3) is 0 Å². The highest BCUT2D eigenvalue weighted by atomic mass is 16.6. The zero-order chi connectivity index (χ0) is 20.4. The minimum absolute atomic E-state index is 0.00765. The van der Waals surface area contributed by atoms with Crippen molar-refractivity contribution in [3.8, 4) is 5.75 Å². The summed E-state index contributed by atoms with van der Waals surface area (Å²) in [6.45, 7) is 4.56. The van der Waals surface area contributed by atoms with E-state index in [-0.39, 0.29) is 11.6 Å². The first-order valence-electron chi connectivity index (χ1n) is 9.33. The van der Waals surface area contributed by atoms with Crippen molar-refractivity contribution in [3.63, 3.8) is 0 Å². The van der Waals surface area contributed by atoms with Gasteiger partial charge in [0, 0.05) is 17.7 Å². The predicted molar refractivity (Wildman–Crippen MR) is 109 cm³/mol. The number of hydrogen-bond donors (Lipinski definition) is 1. The number of hydrogen-bond acceptors (Lipinski definition) is 5. The lowest BCUT2D eigenvalue weighted by molar-refractivity contribution is -0.384. The van der Waals surface area contributed by atoms with E-state index in [2.05, 4.69) is 17.5 Å². The Morgan fingerprint density at radius 3 is 2.29 bits per heavy atom. The molecule has 0 fully saturated rings. The van der Waals surface area contributed by atoms with E-state index >= 15 is 0 Å². The lowest BCUT2D eigenvalue weighted by Crippen LogP contribution is -2.19. The molecule has 1 amide bonds. The van der Waals surface area contributed by atoms with Crippen LogP contribution >= 0.6 is 0 Å². The van der Waals surface area contributed by atoms with E-state index in [1.165, 1.54) is 25.0 Å². The normalized spacial score (nSPS) is 11.1. The maximum Gasteiger partial charge on any atom is 0.271 e. The van der Waals surface area contributed by atoms with Crippen LogP contribution in [0.3, 0.4) is 0 Å². The van der Waals surface area contributed by atoms with Gasteiger partial charge < -0.3 is 4.74 Å². The average molecular weight is 383 g/mol. The molecular formula is C21H25N3O4. The lowest BCUT2D eigenvalue weighted by Gasteiger charge is -2.07. The standard InChI is InChI=1S/C21H25N3O4/c1-3-4-5-6-15-28-20-13-9-18(10-14-20)21(25)23-22-16(2)17-7-11-19(12-8-17)24(26)27/h7-14H,3-6,15H2,1-2H3,(H,23,25)/b22-16-. The first-order valence-corrected chi connectivity index (χ1v) is 9.33. The summed E-state index contributed by atoms with van der Waals surface area (Å²) < 4.78 is 5.66. The van der Waals surface area contributed by atoms with Gasteiger partial charge in [0.25, 0.3) is 11.6 Å². The molecule has 2 aromatic carbocycles. The van der Waals surface area contributed by atoms with Gasteiger partial charge in [0.1, 0.15) is 5.75 Å². The number of carbonyl (C=O) groups excluding carboxylic acids is 1. The molecule has 0 unspecified atom stereocenters. The molecule has 0 aliphatic carbocycles. The van der Waals surface area contributed by atoms with E-state index in [4.69, 9.17) is 4.74 Å². The quantitative estimate of drug-likeness (QED) is 0.278. The number of hydrazone groups is 1. The van der Waals surface area contributed by atoms with Crippen LogP contribution < -0.4 is 10.2 Å². The number of amides is 1. The van der Waals surface area contributed by atoms with Crippen LogP contribution in [0, 0.1) is 10.1 Å². The van der Waals surface area contributed by atoms with Crippen molar-refractivity contribution >= 4 is 17.3 Å². The molecule has 0 saturated carbocycles. The molecule has 28 heavy (non-hydrogen) atoms. The van der Waals surface area contributed by atoms with Crippen LogP contribution in [0.2, 0.25) is 0 Å². The van der Waals surface area contributed by atoms with Crippen molar-refractivity contribution in [1.29, 1.82) is 0 Å². The summed E-state index contributed by atoms with van der Waals surface area (Å²) >= 11 is 0. The third-order valence-corrected chi connectivity index (χ3v) is 4.20. The highest BCUT2D eigenvalue weighted by Gasteiger charge is 2.07. The number of carbonyl (C=O) groups is 1. The molecule has 7 heteroatoms. The van der Waals surface area contributed by atoms with Crippen LogP contribution in [-0.2, 0) is 0 Å². The number of nitrogens with zero attached hydrogens (tertiary/aromatic N) is 2. The summed E-state index contributed by atoms with van der Waals surface area (Å²) in [5.74, 6) is 0.398. The van der Waals surface area contributed by atoms with Crippen molar-refractivity contribution in [3.05, 3.63) is 69.8 Å². The second-order valence-corrected chi connectivity index (χ2v) is 6.38. The Bertz CT molecular complexity index is 815. The summed E-state index contributed by atoms with van der Waals surface area (Å²) in [6.07, 6.45) is 4.58. The van der Waals surface area contributed by atoms with Crippen molar-refractivity contribution in [2.24, 2.45) is 5.10 Å². The van der Waals surface area contributed by atoms with Gasteiger partial charge in [-0.3, -0.25) is 14.9 Å². The summed E-state index contributed by atoms with van der Waals surface area (Å²) in [7, 11) is 0. The molecule has 0 aliphatic rings. The van der Waals surface area contributed by atoms with Gasteiger partial charge in [0.15, 0.2) is 0 Å². The minimum atomic E-state index is -0.462. The Hall–Kier alpha value is -3.22. The average Bonchev–Trinajstić information content (AvgIpc) is 2.72. The van der Waals surface area contributed by atoms with Crippen molar-refractivity contribution < 1.29 is 14.5 Å². The van der Waals surface area contributed by atoms with E-state index in [1.807, 2.05) is 0 Å². The van der Waals surface area contributed by atoms with Crippen LogP contribution in [0.5, 0.6) is 5.75 Å². The molecule has 2 aromatic rings. The monoisotopic (exact) mass is 383 g/mol. The minimum Gasteiger partial charge on any atom is -0.494 e. The lowest BCUT2D eigenvalue weighted by atomic mass is 10.1. The molecule has 0 aliphatic heterocycles. The Labute approximate surface area is 164 Å². The van der Waals surface area contributed by atoms with Crippen molar-refractivity contribution in [1.82, 2.24) is 5.43 Å². The van der Waals surface area contributed by atoms with E-state index in [0.717, 1.165) is 18.6 Å². The number of rotatable bonds is 10. The van der Waals surface area contributed by atoms with Crippen molar-refractivity contribution in [2.75, 3.05) is 6.61 Å². The van der Waals surface area contributed by atoms with Crippen LogP contribution in [0.4, 0.5) is 5.69 Å². The Balaban J connectivity index is 1.87. The predicted octanol–water partition coefficient (Wildman–Crippen LogP) is 4.71. The number of non-ortho nitro benzene ring substituents is 1. The van der Waals surface area contributed by atoms with Gasteiger partial charge in [-0.1, -0.05) is 26.2 Å². The third kappa shape index (κ3) is 6.50. The molecule has 0 aromatic heterocycles. The number of unbranched alkanes of at least 4 members (excludes halogenated alkanes) is 3. The van der Waals surface area contributed by atoms with Crippen LogP contribution in [-0.4, -0.2) is 23.1 Å². The molecule has 0 spiro atoms. The van der Waals surface area contributed by atoms with E-state index in [9.17, 15) is 14.9 Å². The molecule has 0 radical (unpaired) electrons. The summed E-state index contributed by atoms with van der Waals surface area (Å²) in [4.78, 5) is 22.4. The molecule has 148 valence electrons. The molecule has 7 nitrogen and oxygen atoms in total. The van der Waals surface area contributed by atoms with Crippen molar-refractivity contribution in [2.45, 2.75) is 39.5 Å². The topological polar surface area (TPSA) is 93.8 Å². The maximum absolute atomic E-state index is 12.2. The van der Waals surface area contributed by atoms with E-state index < -0.39 is 4.92 Å². The molecule has 0 saturated heterocycles. The summed E-state index contributed by atoms with van der Waals surface area (Å²) in [6, 6.07) is 12.9. The fraction of sp³-hybridized carbons (Fsp3) is 0.333. The van der Waals surface area contributed by atoms with Gasteiger partial charge in [-0.15, -0.1) is 0 Å². The van der Waals surface area contributed by atoms with E-state index in [0.29, 0.717) is 23.4 Å². The fourth-order valence-electron chi connectivity index (χ4n) is 2.51. The molecule has 0 bridgehead atoms. The van der Waals surface area contributed by atoms with Gasteiger partial charge in [-0.2, -0.15) is 5.10 Å². The second-order valence-electron chi connectivity index (χ2n) is 6.38. The number of ether oxygens (including phenoxy) is 1. The third-order valence-electron chi connectivity index (χ3n) is 4.20. The molecule has 2 rings (SSSR count). The number of nitro benzene ring substituents is 1. The summed E-state index contributed by atoms with van der Waals surface area (Å²) in [5.41, 5.74) is 4.22. The highest BCUT2D eigenvalue weighted by Crippen LogP contribution is 2.14. The number of nitro groups is 1. The maximum atomic E-state index is 12.2. The zero-order valence-electron chi connectivity index (χ0n) is 16.2. The van der Waals surface area contributed by atoms with Crippen LogP contribution in [0.1, 0.15) is 55.5 Å². The number of nitrogens with one attached hydrogen (secondary N) is 1. The Morgan fingerprint density at radius 1 is 1.04 bits per heavy atom. The van der Waals surface area contributed by atoms with Crippen LogP contribution in [0.15, 0.2) is 53.6 Å².